The number of ether oxygens (including phenoxy) is 1. The van der Waals surface area contributed by atoms with Crippen molar-refractivity contribution in [2.24, 2.45) is 0 Å². The lowest BCUT2D eigenvalue weighted by atomic mass is 9.95. The van der Waals surface area contributed by atoms with Gasteiger partial charge in [-0.2, -0.15) is 0 Å². The molecule has 0 aromatic heterocycles. The van der Waals surface area contributed by atoms with Crippen molar-refractivity contribution in [2.45, 2.75) is 51.2 Å². The fourth-order valence-electron chi connectivity index (χ4n) is 3.26. The van der Waals surface area contributed by atoms with Gasteiger partial charge >= 0.3 is 0 Å². The predicted molar refractivity (Wildman–Crippen MR) is 104 cm³/mol. The molecule has 1 fully saturated rings. The Balaban J connectivity index is 1.63. The van der Waals surface area contributed by atoms with E-state index in [9.17, 15) is 4.79 Å². The molecule has 0 bridgehead atoms. The molecule has 3 rings (SSSR count). The number of carbonyl (C=O) groups excluding carboxylic acids is 1. The first-order valence-corrected chi connectivity index (χ1v) is 9.74. The van der Waals surface area contributed by atoms with E-state index in [-0.39, 0.29) is 5.91 Å². The van der Waals surface area contributed by atoms with E-state index < -0.39 is 0 Å². The maximum atomic E-state index is 12.4. The van der Waals surface area contributed by atoms with Gasteiger partial charge in [-0.25, -0.2) is 0 Å². The zero-order valence-corrected chi connectivity index (χ0v) is 15.9. The quantitative estimate of drug-likeness (QED) is 0.737. The van der Waals surface area contributed by atoms with Crippen LogP contribution in [-0.2, 0) is 17.8 Å². The van der Waals surface area contributed by atoms with Gasteiger partial charge in [0.15, 0.2) is 0 Å². The number of hydrogen-bond donors (Lipinski definition) is 1. The second-order valence-corrected chi connectivity index (χ2v) is 7.52. The minimum atomic E-state index is 0.0783. The fourth-order valence-corrected chi connectivity index (χ4v) is 3.67. The summed E-state index contributed by atoms with van der Waals surface area (Å²) in [4.78, 5) is 12.4. The van der Waals surface area contributed by atoms with Gasteiger partial charge in [-0.3, -0.25) is 4.79 Å². The van der Waals surface area contributed by atoms with Gasteiger partial charge in [-0.15, -0.1) is 0 Å². The van der Waals surface area contributed by atoms with Gasteiger partial charge in [0.2, 0.25) is 5.91 Å². The molecule has 0 saturated heterocycles. The van der Waals surface area contributed by atoms with Gasteiger partial charge in [-0.1, -0.05) is 65.5 Å². The molecule has 0 atom stereocenters. The highest BCUT2D eigenvalue weighted by Gasteiger charge is 2.17. The molecule has 3 nitrogen and oxygen atoms in total. The van der Waals surface area contributed by atoms with E-state index in [0.717, 1.165) is 34.2 Å². The Labute approximate surface area is 157 Å². The predicted octanol–water partition coefficient (Wildman–Crippen LogP) is 5.02. The lowest BCUT2D eigenvalue weighted by Gasteiger charge is -2.23. The average Bonchev–Trinajstić information content (AvgIpc) is 2.63. The Hall–Kier alpha value is -1.81. The lowest BCUT2D eigenvalue weighted by Crippen LogP contribution is -2.37. The average molecular weight is 402 g/mol. The highest BCUT2D eigenvalue weighted by atomic mass is 79.9. The third kappa shape index (κ3) is 5.60. The van der Waals surface area contributed by atoms with E-state index in [1.807, 2.05) is 48.5 Å². The number of amides is 1. The minimum Gasteiger partial charge on any atom is -0.489 e. The molecule has 2 aromatic carbocycles. The van der Waals surface area contributed by atoms with Crippen LogP contribution in [0.5, 0.6) is 5.75 Å². The van der Waals surface area contributed by atoms with Crippen molar-refractivity contribution < 1.29 is 9.53 Å². The molecule has 1 N–H and O–H groups in total. The lowest BCUT2D eigenvalue weighted by molar-refractivity contribution is -0.121. The van der Waals surface area contributed by atoms with Crippen molar-refractivity contribution in [3.8, 4) is 5.75 Å². The van der Waals surface area contributed by atoms with Crippen molar-refractivity contribution in [2.75, 3.05) is 0 Å². The van der Waals surface area contributed by atoms with Crippen molar-refractivity contribution >= 4 is 21.8 Å². The Morgan fingerprint density at radius 1 is 1.08 bits per heavy atom. The summed E-state index contributed by atoms with van der Waals surface area (Å²) in [6.07, 6.45) is 6.26. The standard InChI is InChI=1S/C21H24BrNO2/c22-18-11-12-20(25-15-16-7-3-1-4-8-16)17(13-18)14-21(24)23-19-9-5-2-6-10-19/h1,3-4,7-8,11-13,19H,2,5-6,9-10,14-15H2,(H,23,24). The van der Waals surface area contributed by atoms with Gasteiger partial charge in [0, 0.05) is 16.1 Å². The molecule has 1 aliphatic carbocycles. The molecule has 0 radical (unpaired) electrons. The summed E-state index contributed by atoms with van der Waals surface area (Å²) >= 11 is 3.49. The molecule has 1 aliphatic rings. The zero-order valence-electron chi connectivity index (χ0n) is 14.3. The third-order valence-electron chi connectivity index (χ3n) is 4.58. The number of halogens is 1. The number of nitrogens with one attached hydrogen (secondary N) is 1. The van der Waals surface area contributed by atoms with Crippen LogP contribution < -0.4 is 10.1 Å². The van der Waals surface area contributed by atoms with Gasteiger partial charge in [-0.05, 0) is 36.6 Å². The van der Waals surface area contributed by atoms with Crippen molar-refractivity contribution in [1.82, 2.24) is 5.32 Å². The van der Waals surface area contributed by atoms with Crippen LogP contribution in [0.2, 0.25) is 0 Å². The molecular formula is C21H24BrNO2. The number of rotatable bonds is 6. The molecule has 4 heteroatoms. The molecule has 0 heterocycles. The largest absolute Gasteiger partial charge is 0.489 e. The third-order valence-corrected chi connectivity index (χ3v) is 5.07. The van der Waals surface area contributed by atoms with Crippen LogP contribution in [0.1, 0.15) is 43.2 Å². The Kier molecular flexibility index (Phi) is 6.51. The molecule has 0 aliphatic heterocycles. The highest BCUT2D eigenvalue weighted by Crippen LogP contribution is 2.25. The van der Waals surface area contributed by atoms with Crippen LogP contribution in [0.15, 0.2) is 53.0 Å². The normalized spacial score (nSPS) is 14.9. The first-order chi connectivity index (χ1) is 12.2. The maximum absolute atomic E-state index is 12.4. The second kappa shape index (κ2) is 9.04. The molecule has 0 spiro atoms. The van der Waals surface area contributed by atoms with E-state index in [1.54, 1.807) is 0 Å². The summed E-state index contributed by atoms with van der Waals surface area (Å²) < 4.78 is 6.93. The van der Waals surface area contributed by atoms with Gasteiger partial charge in [0.05, 0.1) is 6.42 Å². The minimum absolute atomic E-state index is 0.0783. The summed E-state index contributed by atoms with van der Waals surface area (Å²) in [5, 5.41) is 3.18. The molecular weight excluding hydrogens is 378 g/mol. The van der Waals surface area contributed by atoms with Gasteiger partial charge in [0.25, 0.3) is 0 Å². The van der Waals surface area contributed by atoms with Crippen LogP contribution in [-0.4, -0.2) is 11.9 Å². The molecule has 132 valence electrons. The zero-order chi connectivity index (χ0) is 17.5. The first-order valence-electron chi connectivity index (χ1n) is 8.95. The summed E-state index contributed by atoms with van der Waals surface area (Å²) in [6, 6.07) is 16.2. The van der Waals surface area contributed by atoms with Gasteiger partial charge in [0.1, 0.15) is 12.4 Å². The molecule has 25 heavy (non-hydrogen) atoms. The number of benzene rings is 2. The SMILES string of the molecule is O=C(Cc1cc(Br)ccc1OCc1ccccc1)NC1CCCCC1. The topological polar surface area (TPSA) is 38.3 Å². The Bertz CT molecular complexity index is 696. The smallest absolute Gasteiger partial charge is 0.224 e. The summed E-state index contributed by atoms with van der Waals surface area (Å²) in [7, 11) is 0. The van der Waals surface area contributed by atoms with Crippen LogP contribution in [0.3, 0.4) is 0 Å². The van der Waals surface area contributed by atoms with Crippen molar-refractivity contribution in [1.29, 1.82) is 0 Å². The Morgan fingerprint density at radius 3 is 2.60 bits per heavy atom. The summed E-state index contributed by atoms with van der Waals surface area (Å²) in [5.74, 6) is 0.848. The monoisotopic (exact) mass is 401 g/mol. The van der Waals surface area contributed by atoms with Crippen molar-refractivity contribution in [3.05, 3.63) is 64.1 Å². The summed E-state index contributed by atoms with van der Waals surface area (Å²) in [5.41, 5.74) is 2.03. The van der Waals surface area contributed by atoms with Gasteiger partial charge < -0.3 is 10.1 Å². The fraction of sp³-hybridized carbons (Fsp3) is 0.381. The van der Waals surface area contributed by atoms with Crippen LogP contribution in [0, 0.1) is 0 Å². The van der Waals surface area contributed by atoms with E-state index in [4.69, 9.17) is 4.74 Å². The molecule has 2 aromatic rings. The number of hydrogen-bond acceptors (Lipinski definition) is 2. The van der Waals surface area contributed by atoms with Crippen LogP contribution >= 0.6 is 15.9 Å². The molecule has 1 saturated carbocycles. The first kappa shape index (κ1) is 18.0. The van der Waals surface area contributed by atoms with E-state index in [1.165, 1.54) is 19.3 Å². The highest BCUT2D eigenvalue weighted by molar-refractivity contribution is 9.10. The Morgan fingerprint density at radius 2 is 1.84 bits per heavy atom. The molecule has 0 unspecified atom stereocenters. The van der Waals surface area contributed by atoms with Crippen LogP contribution in [0.25, 0.3) is 0 Å². The van der Waals surface area contributed by atoms with Crippen LogP contribution in [0.4, 0.5) is 0 Å². The molecule has 1 amide bonds. The summed E-state index contributed by atoms with van der Waals surface area (Å²) in [6.45, 7) is 0.500. The second-order valence-electron chi connectivity index (χ2n) is 6.61. The van der Waals surface area contributed by atoms with Crippen molar-refractivity contribution in [3.63, 3.8) is 0 Å². The number of carbonyl (C=O) groups is 1. The van der Waals surface area contributed by atoms with E-state index in [0.29, 0.717) is 19.1 Å². The maximum Gasteiger partial charge on any atom is 0.224 e. The van der Waals surface area contributed by atoms with E-state index >= 15 is 0 Å². The van der Waals surface area contributed by atoms with E-state index in [2.05, 4.69) is 21.2 Å².